The highest BCUT2D eigenvalue weighted by Gasteiger charge is 2.13. The van der Waals surface area contributed by atoms with Crippen LogP contribution in [-0.4, -0.2) is 58.2 Å². The van der Waals surface area contributed by atoms with E-state index >= 15 is 0 Å². The number of hydrogen-bond acceptors (Lipinski definition) is 6. The molecule has 0 spiro atoms. The smallest absolute Gasteiger partial charge is 0.317 e. The molecule has 0 aromatic heterocycles. The highest BCUT2D eigenvalue weighted by molar-refractivity contribution is 5.72. The van der Waals surface area contributed by atoms with Gasteiger partial charge in [-0.05, 0) is 6.07 Å². The fourth-order valence-corrected chi connectivity index (χ4v) is 1.68. The summed E-state index contributed by atoms with van der Waals surface area (Å²) in [7, 11) is 0. The van der Waals surface area contributed by atoms with Crippen LogP contribution >= 0.6 is 0 Å². The number of carboxylic acids is 2. The van der Waals surface area contributed by atoms with Crippen molar-refractivity contribution in [3.63, 3.8) is 0 Å². The van der Waals surface area contributed by atoms with Gasteiger partial charge < -0.3 is 15.5 Å². The first-order valence-electron chi connectivity index (χ1n) is 6.02. The Labute approximate surface area is 119 Å². The summed E-state index contributed by atoms with van der Waals surface area (Å²) in [5.41, 5.74) is 0.447. The van der Waals surface area contributed by atoms with Crippen LogP contribution < -0.4 is 5.32 Å². The molecule has 0 radical (unpaired) electrons. The van der Waals surface area contributed by atoms with Crippen LogP contribution in [0, 0.1) is 10.1 Å². The SMILES string of the molecule is O=C(O)CN(CCNc1cccc([N+](=O)[O-])c1)CC(=O)O. The minimum atomic E-state index is -1.12. The highest BCUT2D eigenvalue weighted by atomic mass is 16.6. The highest BCUT2D eigenvalue weighted by Crippen LogP contribution is 2.16. The van der Waals surface area contributed by atoms with E-state index in [1.165, 1.54) is 23.1 Å². The van der Waals surface area contributed by atoms with Crippen molar-refractivity contribution < 1.29 is 24.7 Å². The number of carboxylic acid groups (broad SMARTS) is 2. The summed E-state index contributed by atoms with van der Waals surface area (Å²) >= 11 is 0. The van der Waals surface area contributed by atoms with Gasteiger partial charge in [0.15, 0.2) is 0 Å². The Kier molecular flexibility index (Phi) is 6.08. The molecule has 1 aromatic carbocycles. The van der Waals surface area contributed by atoms with Crippen LogP contribution in [0.5, 0.6) is 0 Å². The molecule has 0 aliphatic heterocycles. The molecule has 0 atom stereocenters. The lowest BCUT2D eigenvalue weighted by Crippen LogP contribution is -2.37. The summed E-state index contributed by atoms with van der Waals surface area (Å²) in [6.45, 7) is -0.325. The summed E-state index contributed by atoms with van der Waals surface area (Å²) in [5, 5.41) is 30.9. The van der Waals surface area contributed by atoms with Gasteiger partial charge in [-0.2, -0.15) is 0 Å². The Morgan fingerprint density at radius 3 is 2.38 bits per heavy atom. The third kappa shape index (κ3) is 6.34. The molecule has 0 saturated heterocycles. The van der Waals surface area contributed by atoms with Crippen LogP contribution in [-0.2, 0) is 9.59 Å². The lowest BCUT2D eigenvalue weighted by Gasteiger charge is -2.18. The second kappa shape index (κ2) is 7.80. The molecule has 1 rings (SSSR count). The van der Waals surface area contributed by atoms with E-state index in [0.29, 0.717) is 5.69 Å². The van der Waals surface area contributed by atoms with Crippen molar-refractivity contribution in [1.82, 2.24) is 4.90 Å². The topological polar surface area (TPSA) is 133 Å². The number of non-ortho nitro benzene ring substituents is 1. The van der Waals surface area contributed by atoms with E-state index in [0.717, 1.165) is 0 Å². The summed E-state index contributed by atoms with van der Waals surface area (Å²) in [6, 6.07) is 5.85. The second-order valence-corrected chi connectivity index (χ2v) is 4.23. The number of nitro groups is 1. The van der Waals surface area contributed by atoms with Crippen LogP contribution in [0.2, 0.25) is 0 Å². The number of carbonyl (C=O) groups is 2. The van der Waals surface area contributed by atoms with Crippen LogP contribution in [0.4, 0.5) is 11.4 Å². The number of aliphatic carboxylic acids is 2. The molecule has 0 fully saturated rings. The average molecular weight is 297 g/mol. The van der Waals surface area contributed by atoms with Gasteiger partial charge in [0.25, 0.3) is 5.69 Å². The molecule has 0 heterocycles. The molecule has 0 saturated carbocycles. The largest absolute Gasteiger partial charge is 0.480 e. The molecule has 114 valence electrons. The molecule has 21 heavy (non-hydrogen) atoms. The van der Waals surface area contributed by atoms with Crippen molar-refractivity contribution >= 4 is 23.3 Å². The van der Waals surface area contributed by atoms with Gasteiger partial charge in [-0.25, -0.2) is 0 Å². The van der Waals surface area contributed by atoms with Crippen LogP contribution in [0.3, 0.4) is 0 Å². The Morgan fingerprint density at radius 2 is 1.86 bits per heavy atom. The quantitative estimate of drug-likeness (QED) is 0.442. The normalized spacial score (nSPS) is 10.3. The zero-order chi connectivity index (χ0) is 15.8. The predicted molar refractivity (Wildman–Crippen MR) is 73.3 cm³/mol. The van der Waals surface area contributed by atoms with Gasteiger partial charge in [0.1, 0.15) is 0 Å². The molecule has 1 aromatic rings. The standard InChI is InChI=1S/C12H15N3O6/c16-11(17)7-14(8-12(18)19)5-4-13-9-2-1-3-10(6-9)15(20)21/h1-3,6,13H,4-5,7-8H2,(H,16,17)(H,18,19). The third-order valence-electron chi connectivity index (χ3n) is 2.53. The van der Waals surface area contributed by atoms with Crippen molar-refractivity contribution in [3.8, 4) is 0 Å². The van der Waals surface area contributed by atoms with Crippen LogP contribution in [0.25, 0.3) is 0 Å². The van der Waals surface area contributed by atoms with Gasteiger partial charge >= 0.3 is 11.9 Å². The maximum Gasteiger partial charge on any atom is 0.317 e. The monoisotopic (exact) mass is 297 g/mol. The van der Waals surface area contributed by atoms with E-state index in [9.17, 15) is 19.7 Å². The van der Waals surface area contributed by atoms with E-state index in [2.05, 4.69) is 5.32 Å². The van der Waals surface area contributed by atoms with Gasteiger partial charge in [-0.1, -0.05) is 6.07 Å². The molecular weight excluding hydrogens is 282 g/mol. The molecule has 0 unspecified atom stereocenters. The van der Waals surface area contributed by atoms with Gasteiger partial charge in [0, 0.05) is 30.9 Å². The maximum absolute atomic E-state index is 10.6. The van der Waals surface area contributed by atoms with E-state index in [4.69, 9.17) is 10.2 Å². The van der Waals surface area contributed by atoms with Crippen LogP contribution in [0.1, 0.15) is 0 Å². The average Bonchev–Trinajstić information content (AvgIpc) is 2.37. The van der Waals surface area contributed by atoms with Gasteiger partial charge in [0.2, 0.25) is 0 Å². The first-order valence-corrected chi connectivity index (χ1v) is 6.02. The number of hydrogen-bond donors (Lipinski definition) is 3. The molecule has 0 amide bonds. The zero-order valence-corrected chi connectivity index (χ0v) is 11.1. The van der Waals surface area contributed by atoms with Crippen molar-refractivity contribution in [2.75, 3.05) is 31.5 Å². The Balaban J connectivity index is 2.53. The number of nitrogens with one attached hydrogen (secondary N) is 1. The number of rotatable bonds is 9. The number of benzene rings is 1. The van der Waals surface area contributed by atoms with E-state index < -0.39 is 16.9 Å². The zero-order valence-electron chi connectivity index (χ0n) is 11.1. The first-order chi connectivity index (χ1) is 9.88. The molecule has 3 N–H and O–H groups in total. The molecule has 0 aliphatic carbocycles. The molecule has 9 nitrogen and oxygen atoms in total. The number of nitro benzene ring substituents is 1. The van der Waals surface area contributed by atoms with Crippen molar-refractivity contribution in [1.29, 1.82) is 0 Å². The maximum atomic E-state index is 10.6. The third-order valence-corrected chi connectivity index (χ3v) is 2.53. The van der Waals surface area contributed by atoms with Crippen LogP contribution in [0.15, 0.2) is 24.3 Å². The first kappa shape index (κ1) is 16.4. The van der Waals surface area contributed by atoms with Crippen molar-refractivity contribution in [2.45, 2.75) is 0 Å². The Hall–Kier alpha value is -2.68. The van der Waals surface area contributed by atoms with E-state index in [1.807, 2.05) is 0 Å². The fourth-order valence-electron chi connectivity index (χ4n) is 1.68. The molecule has 0 aliphatic rings. The Bertz CT molecular complexity index is 517. The summed E-state index contributed by atoms with van der Waals surface area (Å²) in [6.07, 6.45) is 0. The van der Waals surface area contributed by atoms with E-state index in [1.54, 1.807) is 6.07 Å². The molecule has 0 bridgehead atoms. The number of anilines is 1. The summed E-state index contributed by atoms with van der Waals surface area (Å²) in [5.74, 6) is -2.24. The fraction of sp³-hybridized carbons (Fsp3) is 0.333. The molecular formula is C12H15N3O6. The predicted octanol–water partition coefficient (Wildman–Crippen LogP) is 0.478. The Morgan fingerprint density at radius 1 is 1.24 bits per heavy atom. The van der Waals surface area contributed by atoms with Gasteiger partial charge in [0.05, 0.1) is 18.0 Å². The minimum Gasteiger partial charge on any atom is -0.480 e. The van der Waals surface area contributed by atoms with Gasteiger partial charge in [-0.3, -0.25) is 24.6 Å². The van der Waals surface area contributed by atoms with E-state index in [-0.39, 0.29) is 31.9 Å². The lowest BCUT2D eigenvalue weighted by molar-refractivity contribution is -0.384. The lowest BCUT2D eigenvalue weighted by atomic mass is 10.3. The van der Waals surface area contributed by atoms with Crippen molar-refractivity contribution in [2.24, 2.45) is 0 Å². The summed E-state index contributed by atoms with van der Waals surface area (Å²) < 4.78 is 0. The van der Waals surface area contributed by atoms with Gasteiger partial charge in [-0.15, -0.1) is 0 Å². The summed E-state index contributed by atoms with van der Waals surface area (Å²) in [4.78, 5) is 32.6. The second-order valence-electron chi connectivity index (χ2n) is 4.23. The molecule has 9 heteroatoms. The minimum absolute atomic E-state index is 0.0621. The van der Waals surface area contributed by atoms with Crippen molar-refractivity contribution in [3.05, 3.63) is 34.4 Å². The number of nitrogens with zero attached hydrogens (tertiary/aromatic N) is 2.